The lowest BCUT2D eigenvalue weighted by Crippen LogP contribution is -1.91. The first-order chi connectivity index (χ1) is 9.63. The second-order valence-corrected chi connectivity index (χ2v) is 5.28. The molecule has 2 heterocycles. The van der Waals surface area contributed by atoms with Crippen molar-refractivity contribution < 1.29 is 14.7 Å². The SMILES string of the molecule is Cc1nc(Cc2noc(-c3c(O)cccc3O)n2)cs1. The maximum Gasteiger partial charge on any atom is 0.265 e. The van der Waals surface area contributed by atoms with Crippen molar-refractivity contribution in [2.24, 2.45) is 0 Å². The maximum atomic E-state index is 9.75. The summed E-state index contributed by atoms with van der Waals surface area (Å²) in [7, 11) is 0. The maximum absolute atomic E-state index is 9.75. The Morgan fingerprint density at radius 1 is 1.20 bits per heavy atom. The summed E-state index contributed by atoms with van der Waals surface area (Å²) >= 11 is 1.55. The largest absolute Gasteiger partial charge is 0.507 e. The first kappa shape index (κ1) is 12.6. The molecular formula is C13H11N3O3S. The number of phenols is 2. The summed E-state index contributed by atoms with van der Waals surface area (Å²) in [5.74, 6) is 0.324. The average Bonchev–Trinajstić information content (AvgIpc) is 3.00. The molecule has 0 aliphatic carbocycles. The van der Waals surface area contributed by atoms with E-state index in [9.17, 15) is 10.2 Å². The van der Waals surface area contributed by atoms with E-state index in [1.54, 1.807) is 11.3 Å². The zero-order valence-corrected chi connectivity index (χ0v) is 11.4. The molecule has 0 spiro atoms. The van der Waals surface area contributed by atoms with Crippen molar-refractivity contribution in [3.05, 3.63) is 40.1 Å². The summed E-state index contributed by atoms with van der Waals surface area (Å²) in [5, 5.41) is 26.2. The summed E-state index contributed by atoms with van der Waals surface area (Å²) in [5.41, 5.74) is 1.00. The lowest BCUT2D eigenvalue weighted by molar-refractivity contribution is 0.410. The third kappa shape index (κ3) is 2.35. The minimum absolute atomic E-state index is 0.0857. The van der Waals surface area contributed by atoms with Crippen LogP contribution >= 0.6 is 11.3 Å². The molecule has 2 aromatic heterocycles. The van der Waals surface area contributed by atoms with E-state index in [0.717, 1.165) is 10.7 Å². The molecule has 0 aliphatic heterocycles. The number of nitrogens with zero attached hydrogens (tertiary/aromatic N) is 3. The molecule has 3 rings (SSSR count). The topological polar surface area (TPSA) is 92.3 Å². The lowest BCUT2D eigenvalue weighted by Gasteiger charge is -2.00. The number of thiazole rings is 1. The van der Waals surface area contributed by atoms with Gasteiger partial charge in [-0.2, -0.15) is 4.98 Å². The quantitative estimate of drug-likeness (QED) is 0.769. The number of hydrogen-bond donors (Lipinski definition) is 2. The first-order valence-electron chi connectivity index (χ1n) is 5.88. The molecule has 0 bridgehead atoms. The summed E-state index contributed by atoms with van der Waals surface area (Å²) in [4.78, 5) is 8.49. The standard InChI is InChI=1S/C13H11N3O3S/c1-7-14-8(6-20-7)5-11-15-13(19-16-11)12-9(17)3-2-4-10(12)18/h2-4,6,17-18H,5H2,1H3. The highest BCUT2D eigenvalue weighted by Gasteiger charge is 2.17. The van der Waals surface area contributed by atoms with Crippen molar-refractivity contribution in [2.75, 3.05) is 0 Å². The zero-order valence-electron chi connectivity index (χ0n) is 10.6. The Morgan fingerprint density at radius 3 is 2.60 bits per heavy atom. The molecule has 7 heteroatoms. The van der Waals surface area contributed by atoms with Crippen LogP contribution in [0.2, 0.25) is 0 Å². The van der Waals surface area contributed by atoms with Gasteiger partial charge in [0.15, 0.2) is 5.82 Å². The second-order valence-electron chi connectivity index (χ2n) is 4.22. The minimum Gasteiger partial charge on any atom is -0.507 e. The van der Waals surface area contributed by atoms with E-state index >= 15 is 0 Å². The molecule has 0 saturated carbocycles. The lowest BCUT2D eigenvalue weighted by atomic mass is 10.2. The normalized spacial score (nSPS) is 10.8. The van der Waals surface area contributed by atoms with Gasteiger partial charge in [0.25, 0.3) is 5.89 Å². The van der Waals surface area contributed by atoms with Gasteiger partial charge in [-0.25, -0.2) is 4.98 Å². The fourth-order valence-electron chi connectivity index (χ4n) is 1.83. The summed E-state index contributed by atoms with van der Waals surface area (Å²) < 4.78 is 5.09. The van der Waals surface area contributed by atoms with Gasteiger partial charge >= 0.3 is 0 Å². The Morgan fingerprint density at radius 2 is 1.95 bits per heavy atom. The first-order valence-corrected chi connectivity index (χ1v) is 6.76. The molecule has 6 nitrogen and oxygen atoms in total. The van der Waals surface area contributed by atoms with E-state index in [4.69, 9.17) is 4.52 Å². The number of phenolic OH excluding ortho intramolecular Hbond substituents is 2. The van der Waals surface area contributed by atoms with Crippen LogP contribution in [0.1, 0.15) is 16.5 Å². The highest BCUT2D eigenvalue weighted by atomic mass is 32.1. The van der Waals surface area contributed by atoms with Gasteiger partial charge in [-0.3, -0.25) is 0 Å². The third-order valence-electron chi connectivity index (χ3n) is 2.71. The van der Waals surface area contributed by atoms with Crippen molar-refractivity contribution in [3.8, 4) is 23.0 Å². The monoisotopic (exact) mass is 289 g/mol. The van der Waals surface area contributed by atoms with E-state index in [1.165, 1.54) is 18.2 Å². The van der Waals surface area contributed by atoms with E-state index in [-0.39, 0.29) is 23.0 Å². The fourth-order valence-corrected chi connectivity index (χ4v) is 2.44. The molecule has 0 fully saturated rings. The highest BCUT2D eigenvalue weighted by Crippen LogP contribution is 2.35. The van der Waals surface area contributed by atoms with Crippen LogP contribution in [-0.2, 0) is 6.42 Å². The summed E-state index contributed by atoms with van der Waals surface area (Å²) in [6.45, 7) is 1.93. The molecule has 0 aliphatic rings. The van der Waals surface area contributed by atoms with E-state index < -0.39 is 0 Å². The van der Waals surface area contributed by atoms with Gasteiger partial charge in [-0.1, -0.05) is 11.2 Å². The molecule has 102 valence electrons. The average molecular weight is 289 g/mol. The van der Waals surface area contributed by atoms with Crippen molar-refractivity contribution in [2.45, 2.75) is 13.3 Å². The Hall–Kier alpha value is -2.41. The number of aryl methyl sites for hydroxylation is 1. The molecule has 2 N–H and O–H groups in total. The highest BCUT2D eigenvalue weighted by molar-refractivity contribution is 7.09. The second kappa shape index (κ2) is 4.93. The van der Waals surface area contributed by atoms with E-state index in [1.807, 2.05) is 12.3 Å². The van der Waals surface area contributed by atoms with Gasteiger partial charge < -0.3 is 14.7 Å². The van der Waals surface area contributed by atoms with Crippen LogP contribution in [0, 0.1) is 6.92 Å². The summed E-state index contributed by atoms with van der Waals surface area (Å²) in [6.07, 6.45) is 0.447. The smallest absolute Gasteiger partial charge is 0.265 e. The Balaban J connectivity index is 1.90. The Labute approximate surface area is 118 Å². The van der Waals surface area contributed by atoms with Gasteiger partial charge in [0, 0.05) is 5.38 Å². The van der Waals surface area contributed by atoms with Gasteiger partial charge in [-0.15, -0.1) is 11.3 Å². The Bertz CT molecular complexity index is 731. The molecule has 20 heavy (non-hydrogen) atoms. The van der Waals surface area contributed by atoms with Gasteiger partial charge in [0.05, 0.1) is 17.1 Å². The minimum atomic E-state index is -0.107. The third-order valence-corrected chi connectivity index (χ3v) is 3.53. The van der Waals surface area contributed by atoms with Crippen LogP contribution in [0.15, 0.2) is 28.1 Å². The Kier molecular flexibility index (Phi) is 3.11. The van der Waals surface area contributed by atoms with Crippen LogP contribution < -0.4 is 0 Å². The van der Waals surface area contributed by atoms with Crippen molar-refractivity contribution in [1.82, 2.24) is 15.1 Å². The predicted molar refractivity (Wildman–Crippen MR) is 72.7 cm³/mol. The fraction of sp³-hybridized carbons (Fsp3) is 0.154. The van der Waals surface area contributed by atoms with E-state index in [2.05, 4.69) is 15.1 Å². The number of aromatic nitrogens is 3. The van der Waals surface area contributed by atoms with Crippen LogP contribution in [-0.4, -0.2) is 25.3 Å². The van der Waals surface area contributed by atoms with E-state index in [0.29, 0.717) is 12.2 Å². The van der Waals surface area contributed by atoms with Crippen LogP contribution in [0.5, 0.6) is 11.5 Å². The zero-order chi connectivity index (χ0) is 14.1. The predicted octanol–water partition coefficient (Wildman–Crippen LogP) is 2.50. The molecule has 1 aromatic carbocycles. The van der Waals surface area contributed by atoms with Gasteiger partial charge in [-0.05, 0) is 19.1 Å². The molecule has 0 radical (unpaired) electrons. The van der Waals surface area contributed by atoms with Crippen LogP contribution in [0.3, 0.4) is 0 Å². The number of rotatable bonds is 3. The molecular weight excluding hydrogens is 278 g/mol. The van der Waals surface area contributed by atoms with Crippen LogP contribution in [0.4, 0.5) is 0 Å². The summed E-state index contributed by atoms with van der Waals surface area (Å²) in [6, 6.07) is 4.43. The van der Waals surface area contributed by atoms with Crippen molar-refractivity contribution >= 4 is 11.3 Å². The van der Waals surface area contributed by atoms with Crippen LogP contribution in [0.25, 0.3) is 11.5 Å². The number of benzene rings is 1. The van der Waals surface area contributed by atoms with Crippen molar-refractivity contribution in [1.29, 1.82) is 0 Å². The van der Waals surface area contributed by atoms with Crippen molar-refractivity contribution in [3.63, 3.8) is 0 Å². The molecule has 3 aromatic rings. The van der Waals surface area contributed by atoms with Gasteiger partial charge in [0.1, 0.15) is 17.1 Å². The number of hydrogen-bond acceptors (Lipinski definition) is 7. The number of aromatic hydroxyl groups is 2. The molecule has 0 atom stereocenters. The molecule has 0 saturated heterocycles. The molecule has 0 unspecified atom stereocenters. The van der Waals surface area contributed by atoms with Gasteiger partial charge in [0.2, 0.25) is 0 Å². The molecule has 0 amide bonds.